The predicted molar refractivity (Wildman–Crippen MR) is 157 cm³/mol. The second-order valence-electron chi connectivity index (χ2n) is 12.5. The number of unbranched alkanes of at least 4 members (excludes halogenated alkanes) is 5. The fourth-order valence-corrected chi connectivity index (χ4v) is 6.55. The Hall–Kier alpha value is -3.49. The summed E-state index contributed by atoms with van der Waals surface area (Å²) in [6.07, 6.45) is 11.8. The van der Waals surface area contributed by atoms with Gasteiger partial charge in [-0.3, -0.25) is 14.4 Å². The predicted octanol–water partition coefficient (Wildman–Crippen LogP) is 5.89. The summed E-state index contributed by atoms with van der Waals surface area (Å²) in [5.74, 6) is 0.110. The molecule has 1 aromatic carbocycles. The minimum absolute atomic E-state index is 0.0133. The molecular formula is C32H42N6O3. The highest BCUT2D eigenvalue weighted by molar-refractivity contribution is 5.98. The summed E-state index contributed by atoms with van der Waals surface area (Å²) >= 11 is 0. The second-order valence-corrected chi connectivity index (χ2v) is 12.5. The van der Waals surface area contributed by atoms with Crippen LogP contribution in [-0.2, 0) is 19.9 Å². The number of carbonyl (C=O) groups excluding carboxylic acids is 3. The van der Waals surface area contributed by atoms with E-state index in [1.165, 1.54) is 32.6 Å². The third-order valence-corrected chi connectivity index (χ3v) is 9.23. The Balaban J connectivity index is 1.35. The van der Waals surface area contributed by atoms with Gasteiger partial charge in [0.1, 0.15) is 11.9 Å². The van der Waals surface area contributed by atoms with Crippen molar-refractivity contribution >= 4 is 23.3 Å². The van der Waals surface area contributed by atoms with Crippen molar-refractivity contribution in [3.05, 3.63) is 41.5 Å². The molecule has 1 unspecified atom stereocenters. The number of nitrogens with one attached hydrogen (secondary N) is 1. The van der Waals surface area contributed by atoms with Crippen LogP contribution in [0.5, 0.6) is 0 Å². The molecule has 41 heavy (non-hydrogen) atoms. The van der Waals surface area contributed by atoms with E-state index in [-0.39, 0.29) is 35.5 Å². The number of piperidine rings is 1. The summed E-state index contributed by atoms with van der Waals surface area (Å²) in [5, 5.41) is 12.0. The van der Waals surface area contributed by atoms with Crippen LogP contribution in [0.3, 0.4) is 0 Å². The molecule has 9 nitrogen and oxygen atoms in total. The lowest BCUT2D eigenvalue weighted by Gasteiger charge is -2.30. The number of carbonyl (C=O) groups is 3. The van der Waals surface area contributed by atoms with E-state index in [9.17, 15) is 14.4 Å². The number of amides is 2. The Morgan fingerprint density at radius 1 is 1.00 bits per heavy atom. The molecule has 2 amide bonds. The van der Waals surface area contributed by atoms with Crippen molar-refractivity contribution in [1.82, 2.24) is 20.2 Å². The summed E-state index contributed by atoms with van der Waals surface area (Å²) in [5.41, 5.74) is 2.28. The van der Waals surface area contributed by atoms with Gasteiger partial charge < -0.3 is 10.2 Å². The summed E-state index contributed by atoms with van der Waals surface area (Å²) in [6.45, 7) is 10.2. The molecule has 1 N–H and O–H groups in total. The van der Waals surface area contributed by atoms with Crippen LogP contribution in [0.15, 0.2) is 34.8 Å². The van der Waals surface area contributed by atoms with Gasteiger partial charge in [0.05, 0.1) is 12.1 Å². The number of benzene rings is 1. The summed E-state index contributed by atoms with van der Waals surface area (Å²) < 4.78 is 0. The quantitative estimate of drug-likeness (QED) is 0.326. The van der Waals surface area contributed by atoms with Gasteiger partial charge in [0.25, 0.3) is 0 Å². The van der Waals surface area contributed by atoms with Crippen LogP contribution >= 0.6 is 0 Å². The molecule has 2 fully saturated rings. The molecule has 0 bridgehead atoms. The van der Waals surface area contributed by atoms with Gasteiger partial charge in [0.2, 0.25) is 11.8 Å². The monoisotopic (exact) mass is 558 g/mol. The number of aryl methyl sites for hydroxylation is 2. The van der Waals surface area contributed by atoms with Crippen molar-refractivity contribution in [2.75, 3.05) is 6.54 Å². The summed E-state index contributed by atoms with van der Waals surface area (Å²) in [6, 6.07) is 3.36. The molecule has 2 aliphatic heterocycles. The topological polar surface area (TPSA) is 117 Å². The summed E-state index contributed by atoms with van der Waals surface area (Å²) in [4.78, 5) is 51.0. The molecule has 3 aliphatic rings. The van der Waals surface area contributed by atoms with Gasteiger partial charge in [-0.1, -0.05) is 46.0 Å². The first-order valence-corrected chi connectivity index (χ1v) is 15.1. The van der Waals surface area contributed by atoms with Gasteiger partial charge in [0.15, 0.2) is 11.3 Å². The van der Waals surface area contributed by atoms with Crippen molar-refractivity contribution in [2.24, 2.45) is 15.6 Å². The van der Waals surface area contributed by atoms with Crippen LogP contribution in [0.2, 0.25) is 0 Å². The smallest absolute Gasteiger partial charge is 0.242 e. The average Bonchev–Trinajstić information content (AvgIpc) is 3.29. The van der Waals surface area contributed by atoms with Crippen molar-refractivity contribution in [3.63, 3.8) is 0 Å². The third-order valence-electron chi connectivity index (χ3n) is 9.23. The first-order chi connectivity index (χ1) is 19.6. The first-order valence-electron chi connectivity index (χ1n) is 15.1. The van der Waals surface area contributed by atoms with Crippen LogP contribution in [0.25, 0.3) is 11.1 Å². The van der Waals surface area contributed by atoms with E-state index in [2.05, 4.69) is 39.4 Å². The van der Waals surface area contributed by atoms with Gasteiger partial charge in [0, 0.05) is 36.1 Å². The number of fused-ring (bicyclic) bond motifs is 2. The standard InChI is InChI=1S/C32H42N6O3/c1-6-7-8-9-10-11-12-33-30(41)26-15-31(5)16-27(31)38(26)28(40)17-32(21(3)39)25-14-23(13-20(2)29(25)36-37-32)24-18-34-22(4)35-19-24/h13-14,18-19,26-27H,6-12,15-17H2,1-5H3,(H,33,41)/t26-,27+,31-,32?/m0/s1. The zero-order valence-corrected chi connectivity index (χ0v) is 25.0. The van der Waals surface area contributed by atoms with Crippen LogP contribution in [0, 0.1) is 19.3 Å². The van der Waals surface area contributed by atoms with Crippen LogP contribution in [0.1, 0.15) is 95.5 Å². The number of Topliss-reactive ketones (excluding diaryl/α,β-unsaturated/α-hetero) is 1. The van der Waals surface area contributed by atoms with Gasteiger partial charge in [-0.25, -0.2) is 9.97 Å². The minimum Gasteiger partial charge on any atom is -0.354 e. The first kappa shape index (κ1) is 29.0. The van der Waals surface area contributed by atoms with Crippen molar-refractivity contribution in [2.45, 2.75) is 110 Å². The molecule has 1 saturated carbocycles. The van der Waals surface area contributed by atoms with Crippen molar-refractivity contribution < 1.29 is 14.4 Å². The molecule has 3 heterocycles. The average molecular weight is 559 g/mol. The SMILES string of the molecule is CCCCCCCCNC(=O)[C@@H]1C[C@@]2(C)C[C@H]2N1C(=O)CC1(C(C)=O)N=Nc2c(C)cc(-c3cnc(C)nc3)cc21. The lowest BCUT2D eigenvalue weighted by atomic mass is 9.81. The molecule has 0 radical (unpaired) electrons. The van der Waals surface area contributed by atoms with Crippen LogP contribution in [-0.4, -0.2) is 51.1 Å². The molecule has 1 aliphatic carbocycles. The fraction of sp³-hybridized carbons (Fsp3) is 0.594. The fourth-order valence-electron chi connectivity index (χ4n) is 6.55. The van der Waals surface area contributed by atoms with Crippen molar-refractivity contribution in [3.8, 4) is 11.1 Å². The molecule has 2 aromatic rings. The van der Waals surface area contributed by atoms with E-state index < -0.39 is 11.6 Å². The number of hydrogen-bond acceptors (Lipinski definition) is 7. The maximum Gasteiger partial charge on any atom is 0.242 e. The van der Waals surface area contributed by atoms with E-state index in [0.717, 1.165) is 36.0 Å². The van der Waals surface area contributed by atoms with E-state index in [4.69, 9.17) is 0 Å². The minimum atomic E-state index is -1.42. The lowest BCUT2D eigenvalue weighted by molar-refractivity contribution is -0.142. The highest BCUT2D eigenvalue weighted by Crippen LogP contribution is 2.60. The number of nitrogens with zero attached hydrogens (tertiary/aromatic N) is 5. The van der Waals surface area contributed by atoms with E-state index in [1.54, 1.807) is 17.3 Å². The Kier molecular flexibility index (Phi) is 8.08. The number of likely N-dealkylation sites (tertiary alicyclic amines) is 1. The Labute approximate surface area is 242 Å². The molecular weight excluding hydrogens is 516 g/mol. The zero-order chi connectivity index (χ0) is 29.4. The number of rotatable bonds is 12. The highest BCUT2D eigenvalue weighted by Gasteiger charge is 2.65. The Morgan fingerprint density at radius 2 is 1.71 bits per heavy atom. The van der Waals surface area contributed by atoms with Gasteiger partial charge in [-0.15, -0.1) is 0 Å². The zero-order valence-electron chi connectivity index (χ0n) is 25.0. The number of aromatic nitrogens is 2. The lowest BCUT2D eigenvalue weighted by Crippen LogP contribution is -2.50. The van der Waals surface area contributed by atoms with Crippen LogP contribution < -0.4 is 5.32 Å². The molecule has 9 heteroatoms. The molecule has 5 rings (SSSR count). The Bertz CT molecular complexity index is 1370. The molecule has 218 valence electrons. The normalized spacial score (nSPS) is 25.6. The van der Waals surface area contributed by atoms with Crippen LogP contribution in [0.4, 0.5) is 5.69 Å². The van der Waals surface area contributed by atoms with E-state index in [0.29, 0.717) is 30.0 Å². The van der Waals surface area contributed by atoms with Gasteiger partial charge >= 0.3 is 0 Å². The van der Waals surface area contributed by atoms with E-state index >= 15 is 0 Å². The molecule has 1 aromatic heterocycles. The second kappa shape index (κ2) is 11.4. The number of hydrogen-bond donors (Lipinski definition) is 1. The van der Waals surface area contributed by atoms with Gasteiger partial charge in [-0.2, -0.15) is 10.2 Å². The van der Waals surface area contributed by atoms with Crippen molar-refractivity contribution in [1.29, 1.82) is 0 Å². The Morgan fingerprint density at radius 3 is 2.41 bits per heavy atom. The largest absolute Gasteiger partial charge is 0.354 e. The highest BCUT2D eigenvalue weighted by atomic mass is 16.2. The molecule has 1 saturated heterocycles. The number of ketones is 1. The number of azo groups is 1. The maximum atomic E-state index is 14.0. The molecule has 0 spiro atoms. The maximum absolute atomic E-state index is 14.0. The summed E-state index contributed by atoms with van der Waals surface area (Å²) in [7, 11) is 0. The molecule has 4 atom stereocenters. The van der Waals surface area contributed by atoms with E-state index in [1.807, 2.05) is 26.0 Å². The third kappa shape index (κ3) is 5.55. The van der Waals surface area contributed by atoms with Gasteiger partial charge in [-0.05, 0) is 68.7 Å².